The van der Waals surface area contributed by atoms with Gasteiger partial charge in [-0.1, -0.05) is 0 Å². The van der Waals surface area contributed by atoms with E-state index >= 15 is 0 Å². The molecule has 0 spiro atoms. The van der Waals surface area contributed by atoms with Gasteiger partial charge in [0.2, 0.25) is 0 Å². The number of fused-ring (bicyclic) bond motifs is 1. The molecule has 2 saturated heterocycles. The largest absolute Gasteiger partial charge is 0.383 e. The SMILES string of the molecule is Cc1nc2c(N3CCOCC3)ccnn2c1-c1ccc(C2(O)CCOCC2)nc1. The van der Waals surface area contributed by atoms with E-state index < -0.39 is 5.60 Å². The van der Waals surface area contributed by atoms with E-state index in [9.17, 15) is 5.11 Å². The summed E-state index contributed by atoms with van der Waals surface area (Å²) in [5.41, 5.74) is 4.45. The number of pyridine rings is 1. The van der Waals surface area contributed by atoms with Gasteiger partial charge in [-0.3, -0.25) is 4.98 Å². The van der Waals surface area contributed by atoms with E-state index in [0.29, 0.717) is 31.7 Å². The van der Waals surface area contributed by atoms with Gasteiger partial charge in [0.25, 0.3) is 0 Å². The molecule has 3 aromatic heterocycles. The predicted octanol–water partition coefficient (Wildman–Crippen LogP) is 1.93. The van der Waals surface area contributed by atoms with Crippen LogP contribution in [0.2, 0.25) is 0 Å². The maximum Gasteiger partial charge on any atom is 0.178 e. The van der Waals surface area contributed by atoms with Gasteiger partial charge in [0.1, 0.15) is 5.60 Å². The zero-order valence-corrected chi connectivity index (χ0v) is 16.5. The van der Waals surface area contributed by atoms with Crippen LogP contribution in [-0.4, -0.2) is 64.2 Å². The Labute approximate surface area is 169 Å². The van der Waals surface area contributed by atoms with Crippen molar-refractivity contribution in [1.29, 1.82) is 0 Å². The number of hydrogen-bond acceptors (Lipinski definition) is 7. The van der Waals surface area contributed by atoms with E-state index in [-0.39, 0.29) is 0 Å². The van der Waals surface area contributed by atoms with E-state index in [1.807, 2.05) is 42.0 Å². The minimum Gasteiger partial charge on any atom is -0.383 e. The molecule has 0 aromatic carbocycles. The highest BCUT2D eigenvalue weighted by Crippen LogP contribution is 2.33. The van der Waals surface area contributed by atoms with Gasteiger partial charge >= 0.3 is 0 Å². The monoisotopic (exact) mass is 395 g/mol. The second kappa shape index (κ2) is 7.37. The maximum absolute atomic E-state index is 10.9. The summed E-state index contributed by atoms with van der Waals surface area (Å²) in [6, 6.07) is 5.92. The van der Waals surface area contributed by atoms with Crippen molar-refractivity contribution < 1.29 is 14.6 Å². The fourth-order valence-electron chi connectivity index (χ4n) is 4.20. The van der Waals surface area contributed by atoms with Crippen molar-refractivity contribution in [2.75, 3.05) is 44.4 Å². The topological polar surface area (TPSA) is 85.0 Å². The van der Waals surface area contributed by atoms with Gasteiger partial charge in [-0.15, -0.1) is 0 Å². The molecule has 5 rings (SSSR count). The Morgan fingerprint density at radius 3 is 2.52 bits per heavy atom. The Morgan fingerprint density at radius 2 is 1.79 bits per heavy atom. The standard InChI is InChI=1S/C21H25N5O3/c1-15-19(16-2-3-18(22-14-16)21(27)5-10-28-11-6-21)26-20(24-15)17(4-7-23-26)25-8-12-29-13-9-25/h2-4,7,14,27H,5-6,8-13H2,1H3. The lowest BCUT2D eigenvalue weighted by Gasteiger charge is -2.31. The van der Waals surface area contributed by atoms with Crippen molar-refractivity contribution in [2.45, 2.75) is 25.4 Å². The average Bonchev–Trinajstić information content (AvgIpc) is 3.11. The smallest absolute Gasteiger partial charge is 0.178 e. The van der Waals surface area contributed by atoms with Gasteiger partial charge < -0.3 is 19.5 Å². The summed E-state index contributed by atoms with van der Waals surface area (Å²) in [5.74, 6) is 0. The van der Waals surface area contributed by atoms with Crippen molar-refractivity contribution in [3.63, 3.8) is 0 Å². The van der Waals surface area contributed by atoms with Gasteiger partial charge in [0, 0.05) is 50.9 Å². The zero-order valence-electron chi connectivity index (χ0n) is 16.5. The molecular weight excluding hydrogens is 370 g/mol. The van der Waals surface area contributed by atoms with Crippen LogP contribution in [0, 0.1) is 6.92 Å². The summed E-state index contributed by atoms with van der Waals surface area (Å²) in [7, 11) is 0. The summed E-state index contributed by atoms with van der Waals surface area (Å²) < 4.78 is 12.7. The average molecular weight is 395 g/mol. The van der Waals surface area contributed by atoms with E-state index in [4.69, 9.17) is 14.5 Å². The summed E-state index contributed by atoms with van der Waals surface area (Å²) >= 11 is 0. The van der Waals surface area contributed by atoms with Crippen LogP contribution in [0.25, 0.3) is 16.9 Å². The lowest BCUT2D eigenvalue weighted by Crippen LogP contribution is -2.36. The molecule has 29 heavy (non-hydrogen) atoms. The molecule has 0 radical (unpaired) electrons. The molecule has 5 heterocycles. The lowest BCUT2D eigenvalue weighted by atomic mass is 9.90. The lowest BCUT2D eigenvalue weighted by molar-refractivity contribution is -0.0705. The van der Waals surface area contributed by atoms with Gasteiger partial charge in [-0.25, -0.2) is 9.50 Å². The van der Waals surface area contributed by atoms with Crippen LogP contribution >= 0.6 is 0 Å². The van der Waals surface area contributed by atoms with E-state index in [1.165, 1.54) is 0 Å². The van der Waals surface area contributed by atoms with Gasteiger partial charge in [-0.2, -0.15) is 5.10 Å². The molecule has 2 aliphatic heterocycles. The van der Waals surface area contributed by atoms with Crippen LogP contribution in [-0.2, 0) is 15.1 Å². The molecule has 152 valence electrons. The van der Waals surface area contributed by atoms with Crippen LogP contribution in [0.5, 0.6) is 0 Å². The normalized spacial score (nSPS) is 19.6. The molecular formula is C21H25N5O3. The van der Waals surface area contributed by atoms with E-state index in [1.54, 1.807) is 0 Å². The molecule has 0 bridgehead atoms. The number of aromatic nitrogens is 4. The molecule has 8 heteroatoms. The highest BCUT2D eigenvalue weighted by atomic mass is 16.5. The van der Waals surface area contributed by atoms with E-state index in [2.05, 4.69) is 15.0 Å². The fraction of sp³-hybridized carbons (Fsp3) is 0.476. The predicted molar refractivity (Wildman–Crippen MR) is 108 cm³/mol. The summed E-state index contributed by atoms with van der Waals surface area (Å²) in [6.07, 6.45) is 4.76. The Hall–Kier alpha value is -2.55. The summed E-state index contributed by atoms with van der Waals surface area (Å²) in [5, 5.41) is 15.4. The van der Waals surface area contributed by atoms with E-state index in [0.717, 1.165) is 54.6 Å². The Bertz CT molecular complexity index is 1010. The number of ether oxygens (including phenoxy) is 2. The maximum atomic E-state index is 10.9. The molecule has 8 nitrogen and oxygen atoms in total. The third-order valence-corrected chi connectivity index (χ3v) is 5.86. The third-order valence-electron chi connectivity index (χ3n) is 5.86. The Kier molecular flexibility index (Phi) is 4.69. The molecule has 2 aliphatic rings. The van der Waals surface area contributed by atoms with Crippen LogP contribution in [0.3, 0.4) is 0 Å². The highest BCUT2D eigenvalue weighted by molar-refractivity contribution is 5.75. The highest BCUT2D eigenvalue weighted by Gasteiger charge is 2.33. The number of nitrogens with zero attached hydrogens (tertiary/aromatic N) is 5. The molecule has 2 fully saturated rings. The van der Waals surface area contributed by atoms with Crippen LogP contribution in [0.1, 0.15) is 24.2 Å². The number of hydrogen-bond donors (Lipinski definition) is 1. The molecule has 0 saturated carbocycles. The first-order valence-corrected chi connectivity index (χ1v) is 10.1. The molecule has 0 amide bonds. The van der Waals surface area contributed by atoms with Crippen LogP contribution in [0.4, 0.5) is 5.69 Å². The van der Waals surface area contributed by atoms with Crippen molar-refractivity contribution in [2.24, 2.45) is 0 Å². The van der Waals surface area contributed by atoms with Crippen molar-refractivity contribution in [3.05, 3.63) is 42.0 Å². The minimum atomic E-state index is -0.910. The quantitative estimate of drug-likeness (QED) is 0.725. The first kappa shape index (κ1) is 18.5. The van der Waals surface area contributed by atoms with Crippen LogP contribution in [0.15, 0.2) is 30.6 Å². The number of anilines is 1. The van der Waals surface area contributed by atoms with Gasteiger partial charge in [-0.05, 0) is 25.1 Å². The first-order valence-electron chi connectivity index (χ1n) is 10.1. The molecule has 0 atom stereocenters. The van der Waals surface area contributed by atoms with Gasteiger partial charge in [0.15, 0.2) is 5.65 Å². The minimum absolute atomic E-state index is 0.556. The fourth-order valence-corrected chi connectivity index (χ4v) is 4.20. The first-order chi connectivity index (χ1) is 14.2. The number of morpholine rings is 1. The Balaban J connectivity index is 1.52. The third kappa shape index (κ3) is 3.27. The number of aliphatic hydroxyl groups is 1. The molecule has 0 unspecified atom stereocenters. The Morgan fingerprint density at radius 1 is 1.03 bits per heavy atom. The molecule has 1 N–H and O–H groups in total. The second-order valence-electron chi connectivity index (χ2n) is 7.67. The van der Waals surface area contributed by atoms with Crippen molar-refractivity contribution >= 4 is 11.3 Å². The number of aryl methyl sites for hydroxylation is 1. The van der Waals surface area contributed by atoms with Crippen molar-refractivity contribution in [1.82, 2.24) is 19.6 Å². The van der Waals surface area contributed by atoms with Crippen LogP contribution < -0.4 is 4.90 Å². The zero-order chi connectivity index (χ0) is 19.8. The summed E-state index contributed by atoms with van der Waals surface area (Å²) in [6.45, 7) is 6.24. The number of imidazole rings is 1. The van der Waals surface area contributed by atoms with Gasteiger partial charge in [0.05, 0.1) is 42.2 Å². The summed E-state index contributed by atoms with van der Waals surface area (Å²) in [4.78, 5) is 11.7. The van der Waals surface area contributed by atoms with Crippen molar-refractivity contribution in [3.8, 4) is 11.3 Å². The molecule has 0 aliphatic carbocycles. The number of rotatable bonds is 3. The molecule has 3 aromatic rings. The second-order valence-corrected chi connectivity index (χ2v) is 7.67.